The van der Waals surface area contributed by atoms with Crippen LogP contribution in [0.2, 0.25) is 0 Å². The fraction of sp³-hybridized carbons (Fsp3) is 0.500. The fourth-order valence-electron chi connectivity index (χ4n) is 4.13. The quantitative estimate of drug-likeness (QED) is 0.631. The van der Waals surface area contributed by atoms with Gasteiger partial charge in [0, 0.05) is 43.5 Å². The minimum atomic E-state index is -0.560. The summed E-state index contributed by atoms with van der Waals surface area (Å²) < 4.78 is 13.5. The van der Waals surface area contributed by atoms with E-state index in [1.807, 2.05) is 36.5 Å². The van der Waals surface area contributed by atoms with E-state index in [-0.39, 0.29) is 36.1 Å². The SMILES string of the molecule is CC(=O)n1cc([C@H]2C=C(C(=O)NC3CCC3)O[C@@H](OCCCCO)C2)c2ccccc21. The Kier molecular flexibility index (Phi) is 6.73. The fourth-order valence-corrected chi connectivity index (χ4v) is 4.13. The van der Waals surface area contributed by atoms with Crippen LogP contribution in [0.3, 0.4) is 0 Å². The first-order chi connectivity index (χ1) is 15.1. The number of para-hydroxylation sites is 1. The van der Waals surface area contributed by atoms with Gasteiger partial charge in [0.05, 0.1) is 12.1 Å². The number of benzene rings is 1. The zero-order chi connectivity index (χ0) is 21.8. The first kappa shape index (κ1) is 21.6. The molecule has 2 heterocycles. The Balaban J connectivity index is 1.62. The number of hydrogen-bond donors (Lipinski definition) is 2. The van der Waals surface area contributed by atoms with E-state index < -0.39 is 6.29 Å². The van der Waals surface area contributed by atoms with Crippen LogP contribution in [0.15, 0.2) is 42.3 Å². The number of allylic oxidation sites excluding steroid dienone is 1. The molecule has 7 nitrogen and oxygen atoms in total. The lowest BCUT2D eigenvalue weighted by Gasteiger charge is -2.31. The van der Waals surface area contributed by atoms with Gasteiger partial charge in [-0.05, 0) is 49.8 Å². The third kappa shape index (κ3) is 4.83. The molecule has 0 saturated heterocycles. The summed E-state index contributed by atoms with van der Waals surface area (Å²) in [4.78, 5) is 25.0. The van der Waals surface area contributed by atoms with Crippen LogP contribution in [0, 0.1) is 0 Å². The Morgan fingerprint density at radius 3 is 2.77 bits per heavy atom. The van der Waals surface area contributed by atoms with Crippen molar-refractivity contribution in [2.75, 3.05) is 13.2 Å². The highest BCUT2D eigenvalue weighted by Gasteiger charge is 2.32. The van der Waals surface area contributed by atoms with Gasteiger partial charge in [-0.3, -0.25) is 14.2 Å². The van der Waals surface area contributed by atoms with Gasteiger partial charge < -0.3 is 19.9 Å². The Labute approximate surface area is 182 Å². The largest absolute Gasteiger partial charge is 0.459 e. The van der Waals surface area contributed by atoms with Crippen molar-refractivity contribution in [2.24, 2.45) is 0 Å². The molecule has 1 aliphatic carbocycles. The molecule has 1 saturated carbocycles. The van der Waals surface area contributed by atoms with Crippen molar-refractivity contribution in [3.63, 3.8) is 0 Å². The molecular formula is C24H30N2O5. The highest BCUT2D eigenvalue weighted by molar-refractivity contribution is 5.95. The number of ether oxygens (including phenoxy) is 2. The van der Waals surface area contributed by atoms with Crippen LogP contribution in [0.25, 0.3) is 10.9 Å². The van der Waals surface area contributed by atoms with E-state index >= 15 is 0 Å². The monoisotopic (exact) mass is 426 g/mol. The highest BCUT2D eigenvalue weighted by Crippen LogP contribution is 2.36. The number of aliphatic hydroxyl groups excluding tert-OH is 1. The Morgan fingerprint density at radius 1 is 1.26 bits per heavy atom. The lowest BCUT2D eigenvalue weighted by atomic mass is 9.91. The smallest absolute Gasteiger partial charge is 0.286 e. The highest BCUT2D eigenvalue weighted by atomic mass is 16.7. The van der Waals surface area contributed by atoms with E-state index in [0.29, 0.717) is 19.4 Å². The number of nitrogens with zero attached hydrogens (tertiary/aromatic N) is 1. The second-order valence-electron chi connectivity index (χ2n) is 8.31. The van der Waals surface area contributed by atoms with Crippen molar-refractivity contribution in [3.8, 4) is 0 Å². The first-order valence-corrected chi connectivity index (χ1v) is 11.1. The maximum atomic E-state index is 12.8. The number of unbranched alkanes of at least 4 members (excludes halogenated alkanes) is 1. The molecule has 4 rings (SSSR count). The Morgan fingerprint density at radius 2 is 2.06 bits per heavy atom. The van der Waals surface area contributed by atoms with Crippen LogP contribution in [0.1, 0.15) is 61.7 Å². The maximum absolute atomic E-state index is 12.8. The molecule has 2 aromatic rings. The number of fused-ring (bicyclic) bond motifs is 1. The number of carbonyl (C=O) groups is 2. The third-order valence-electron chi connectivity index (χ3n) is 6.06. The topological polar surface area (TPSA) is 89.8 Å². The second kappa shape index (κ2) is 9.66. The Hall–Kier alpha value is -2.64. The average molecular weight is 427 g/mol. The lowest BCUT2D eigenvalue weighted by Crippen LogP contribution is -2.42. The van der Waals surface area contributed by atoms with E-state index in [1.165, 1.54) is 0 Å². The molecule has 1 aliphatic heterocycles. The number of aliphatic hydroxyl groups is 1. The molecule has 1 aromatic heterocycles. The maximum Gasteiger partial charge on any atom is 0.286 e. The summed E-state index contributed by atoms with van der Waals surface area (Å²) >= 11 is 0. The summed E-state index contributed by atoms with van der Waals surface area (Å²) in [5, 5.41) is 13.0. The molecule has 0 bridgehead atoms. The summed E-state index contributed by atoms with van der Waals surface area (Å²) in [6.45, 7) is 2.11. The van der Waals surface area contributed by atoms with Crippen LogP contribution < -0.4 is 5.32 Å². The van der Waals surface area contributed by atoms with E-state index in [9.17, 15) is 9.59 Å². The van der Waals surface area contributed by atoms with Gasteiger partial charge in [-0.2, -0.15) is 0 Å². The molecule has 2 N–H and O–H groups in total. The molecule has 0 radical (unpaired) electrons. The second-order valence-corrected chi connectivity index (χ2v) is 8.31. The lowest BCUT2D eigenvalue weighted by molar-refractivity contribution is -0.147. The van der Waals surface area contributed by atoms with E-state index in [4.69, 9.17) is 14.6 Å². The zero-order valence-electron chi connectivity index (χ0n) is 17.9. The minimum absolute atomic E-state index is 0.0572. The molecule has 1 aromatic carbocycles. The molecule has 2 aliphatic rings. The number of amides is 1. The molecule has 31 heavy (non-hydrogen) atoms. The van der Waals surface area contributed by atoms with Crippen LogP contribution in [0.4, 0.5) is 0 Å². The van der Waals surface area contributed by atoms with E-state index in [1.54, 1.807) is 11.5 Å². The van der Waals surface area contributed by atoms with Crippen LogP contribution >= 0.6 is 0 Å². The summed E-state index contributed by atoms with van der Waals surface area (Å²) in [5.74, 6) is -0.119. The molecule has 7 heteroatoms. The van der Waals surface area contributed by atoms with Crippen molar-refractivity contribution in [1.29, 1.82) is 0 Å². The van der Waals surface area contributed by atoms with Gasteiger partial charge in [0.1, 0.15) is 0 Å². The van der Waals surface area contributed by atoms with E-state index in [2.05, 4.69) is 5.32 Å². The zero-order valence-corrected chi connectivity index (χ0v) is 17.9. The van der Waals surface area contributed by atoms with Crippen LogP contribution in [-0.2, 0) is 14.3 Å². The van der Waals surface area contributed by atoms with E-state index in [0.717, 1.165) is 42.1 Å². The van der Waals surface area contributed by atoms with Crippen LogP contribution in [-0.4, -0.2) is 47.0 Å². The predicted octanol–water partition coefficient (Wildman–Crippen LogP) is 3.47. The number of carbonyl (C=O) groups excluding carboxylic acids is 2. The average Bonchev–Trinajstić information content (AvgIpc) is 3.13. The summed E-state index contributed by atoms with van der Waals surface area (Å²) in [5.41, 5.74) is 1.83. The summed E-state index contributed by atoms with van der Waals surface area (Å²) in [6, 6.07) is 8.00. The number of rotatable bonds is 8. The Bertz CT molecular complexity index is 976. The summed E-state index contributed by atoms with van der Waals surface area (Å²) in [6.07, 6.45) is 8.21. The molecule has 1 amide bonds. The van der Waals surface area contributed by atoms with Crippen LogP contribution in [0.5, 0.6) is 0 Å². The van der Waals surface area contributed by atoms with Gasteiger partial charge in [-0.25, -0.2) is 0 Å². The molecular weight excluding hydrogens is 396 g/mol. The van der Waals surface area contributed by atoms with Crippen molar-refractivity contribution in [2.45, 2.75) is 63.7 Å². The number of nitrogens with one attached hydrogen (secondary N) is 1. The van der Waals surface area contributed by atoms with Crippen molar-refractivity contribution >= 4 is 22.7 Å². The molecule has 166 valence electrons. The third-order valence-corrected chi connectivity index (χ3v) is 6.06. The van der Waals surface area contributed by atoms with Gasteiger partial charge >= 0.3 is 0 Å². The minimum Gasteiger partial charge on any atom is -0.459 e. The molecule has 0 spiro atoms. The van der Waals surface area contributed by atoms with Gasteiger partial charge in [0.25, 0.3) is 5.91 Å². The number of aromatic nitrogens is 1. The summed E-state index contributed by atoms with van der Waals surface area (Å²) in [7, 11) is 0. The molecule has 1 fully saturated rings. The molecule has 2 atom stereocenters. The van der Waals surface area contributed by atoms with Gasteiger partial charge in [0.2, 0.25) is 12.2 Å². The van der Waals surface area contributed by atoms with Crippen molar-refractivity contribution in [1.82, 2.24) is 9.88 Å². The van der Waals surface area contributed by atoms with Gasteiger partial charge in [-0.1, -0.05) is 18.2 Å². The van der Waals surface area contributed by atoms with Crippen molar-refractivity contribution < 1.29 is 24.2 Å². The number of hydrogen-bond acceptors (Lipinski definition) is 5. The van der Waals surface area contributed by atoms with Crippen molar-refractivity contribution in [3.05, 3.63) is 47.9 Å². The first-order valence-electron chi connectivity index (χ1n) is 11.1. The van der Waals surface area contributed by atoms with Gasteiger partial charge in [-0.15, -0.1) is 0 Å². The van der Waals surface area contributed by atoms with Gasteiger partial charge in [0.15, 0.2) is 5.76 Å². The molecule has 0 unspecified atom stereocenters. The normalized spacial score (nSPS) is 21.3. The standard InChI is InChI=1S/C24H30N2O5/c1-16(28)26-15-20(19-9-2-3-10-21(19)26)17-13-22(24(29)25-18-7-6-8-18)31-23(14-17)30-12-5-4-11-27/h2-3,9-10,13,15,17-18,23,27H,4-8,11-12,14H2,1H3,(H,25,29)/t17-,23+/m0/s1. The predicted molar refractivity (Wildman–Crippen MR) is 117 cm³/mol.